The molecule has 0 aliphatic heterocycles. The van der Waals surface area contributed by atoms with Gasteiger partial charge in [-0.15, -0.1) is 0 Å². The largest absolute Gasteiger partial charge is 0.490 e. The minimum Gasteiger partial charge on any atom is -0.475 e. The van der Waals surface area contributed by atoms with Crippen LogP contribution in [0.15, 0.2) is 24.3 Å². The molecule has 0 bridgehead atoms. The average Bonchev–Trinajstić information content (AvgIpc) is 2.81. The molecule has 0 heterocycles. The fraction of sp³-hybridized carbons (Fsp3) is 0.600. The minimum absolute atomic E-state index is 0.0669. The summed E-state index contributed by atoms with van der Waals surface area (Å²) < 4.78 is 36.9. The number of aliphatic carboxylic acids is 1. The molecule has 0 fully saturated rings. The van der Waals surface area contributed by atoms with Gasteiger partial charge in [-0.1, -0.05) is 26.0 Å². The summed E-state index contributed by atoms with van der Waals surface area (Å²) in [7, 11) is 0. The number of aliphatic hydroxyl groups excluding tert-OH is 1. The summed E-state index contributed by atoms with van der Waals surface area (Å²) in [6.07, 6.45) is -3.99. The second kappa shape index (κ2) is 16.5. The van der Waals surface area contributed by atoms with Crippen molar-refractivity contribution in [3.8, 4) is 0 Å². The van der Waals surface area contributed by atoms with E-state index in [1.807, 2.05) is 13.8 Å². The summed E-state index contributed by atoms with van der Waals surface area (Å²) in [6, 6.07) is 5.30. The summed E-state index contributed by atoms with van der Waals surface area (Å²) >= 11 is 0. The fourth-order valence-corrected chi connectivity index (χ4v) is 2.74. The molecule has 3 amide bonds. The van der Waals surface area contributed by atoms with E-state index in [2.05, 4.69) is 16.0 Å². The van der Waals surface area contributed by atoms with E-state index < -0.39 is 35.9 Å². The summed E-state index contributed by atoms with van der Waals surface area (Å²) in [5.41, 5.74) is 6.65. The first-order chi connectivity index (χ1) is 17.9. The van der Waals surface area contributed by atoms with Crippen molar-refractivity contribution < 1.29 is 47.3 Å². The Labute approximate surface area is 225 Å². The maximum absolute atomic E-state index is 12.8. The number of carboxylic acid groups (broad SMARTS) is 1. The standard InChI is InChI=1S/C23H38N4O5.C2HF3O2/c1-15(2)19(24)21(30)27-18(8-6-7-13-25-22(31)32-23(3,4)5)20(29)26-17-11-9-16(14-28)10-12-17;3-2(4,5)1(6)7/h9-12,15,18-19,28H,6-8,13-14,24H2,1-5H3,(H,25,31)(H,26,29)(H,27,30);(H,6,7)/t18-,19-;/m0./s1. The molecule has 0 saturated carbocycles. The van der Waals surface area contributed by atoms with Crippen LogP contribution in [0.2, 0.25) is 0 Å². The number of rotatable bonds is 11. The van der Waals surface area contributed by atoms with Crippen molar-refractivity contribution in [1.82, 2.24) is 10.6 Å². The topological polar surface area (TPSA) is 180 Å². The Bertz CT molecular complexity index is 933. The van der Waals surface area contributed by atoms with Gasteiger partial charge in [0.05, 0.1) is 12.6 Å². The van der Waals surface area contributed by atoms with Crippen molar-refractivity contribution >= 4 is 29.6 Å². The van der Waals surface area contributed by atoms with Crippen LogP contribution in [-0.2, 0) is 25.7 Å². The molecule has 0 radical (unpaired) electrons. The van der Waals surface area contributed by atoms with Gasteiger partial charge >= 0.3 is 18.2 Å². The van der Waals surface area contributed by atoms with Gasteiger partial charge in [-0.3, -0.25) is 9.59 Å². The van der Waals surface area contributed by atoms with E-state index in [9.17, 15) is 27.6 Å². The lowest BCUT2D eigenvalue weighted by Gasteiger charge is -2.22. The summed E-state index contributed by atoms with van der Waals surface area (Å²) in [6.45, 7) is 9.35. The van der Waals surface area contributed by atoms with Crippen LogP contribution in [0.1, 0.15) is 59.4 Å². The predicted octanol–water partition coefficient (Wildman–Crippen LogP) is 2.91. The van der Waals surface area contributed by atoms with Gasteiger partial charge in [0, 0.05) is 12.2 Å². The number of unbranched alkanes of at least 4 members (excludes halogenated alkanes) is 1. The van der Waals surface area contributed by atoms with E-state index in [0.29, 0.717) is 31.5 Å². The Morgan fingerprint density at radius 3 is 1.97 bits per heavy atom. The number of ether oxygens (including phenoxy) is 1. The van der Waals surface area contributed by atoms with Crippen LogP contribution in [0.4, 0.5) is 23.7 Å². The van der Waals surface area contributed by atoms with Crippen LogP contribution in [0.25, 0.3) is 0 Å². The number of nitrogens with one attached hydrogen (secondary N) is 3. The lowest BCUT2D eigenvalue weighted by molar-refractivity contribution is -0.192. The lowest BCUT2D eigenvalue weighted by atomic mass is 10.0. The Morgan fingerprint density at radius 2 is 1.54 bits per heavy atom. The third-order valence-corrected chi connectivity index (χ3v) is 4.89. The number of nitrogens with two attached hydrogens (primary N) is 1. The van der Waals surface area contributed by atoms with E-state index >= 15 is 0 Å². The number of anilines is 1. The van der Waals surface area contributed by atoms with Crippen molar-refractivity contribution in [2.45, 2.75) is 84.3 Å². The third-order valence-electron chi connectivity index (χ3n) is 4.89. The fourth-order valence-electron chi connectivity index (χ4n) is 2.74. The zero-order valence-electron chi connectivity index (χ0n) is 22.7. The number of carboxylic acids is 1. The van der Waals surface area contributed by atoms with Crippen LogP contribution in [-0.4, -0.2) is 64.5 Å². The molecule has 0 aromatic heterocycles. The zero-order valence-corrected chi connectivity index (χ0v) is 22.7. The molecule has 1 aromatic rings. The second-order valence-corrected chi connectivity index (χ2v) is 9.90. The van der Waals surface area contributed by atoms with E-state index in [4.69, 9.17) is 25.5 Å². The summed E-state index contributed by atoms with van der Waals surface area (Å²) in [5, 5.41) is 24.5. The van der Waals surface area contributed by atoms with E-state index in [0.717, 1.165) is 5.56 Å². The van der Waals surface area contributed by atoms with Crippen molar-refractivity contribution in [1.29, 1.82) is 0 Å². The van der Waals surface area contributed by atoms with E-state index in [1.165, 1.54) is 0 Å². The number of amides is 3. The number of carbonyl (C=O) groups excluding carboxylic acids is 3. The van der Waals surface area contributed by atoms with Gasteiger partial charge in [0.25, 0.3) is 0 Å². The average molecular weight is 565 g/mol. The first kappa shape index (κ1) is 35.6. The third kappa shape index (κ3) is 16.2. The molecule has 0 aliphatic carbocycles. The van der Waals surface area contributed by atoms with Crippen LogP contribution in [0, 0.1) is 5.92 Å². The number of alkyl carbamates (subject to hydrolysis) is 1. The Hall–Kier alpha value is -3.39. The highest BCUT2D eigenvalue weighted by Crippen LogP contribution is 2.14. The number of benzene rings is 1. The minimum atomic E-state index is -5.08. The van der Waals surface area contributed by atoms with Crippen molar-refractivity contribution in [3.05, 3.63) is 29.8 Å². The summed E-state index contributed by atoms with van der Waals surface area (Å²) in [5.74, 6) is -3.57. The first-order valence-corrected chi connectivity index (χ1v) is 12.2. The molecule has 222 valence electrons. The Kier molecular flexibility index (Phi) is 15.1. The molecule has 39 heavy (non-hydrogen) atoms. The van der Waals surface area contributed by atoms with Crippen LogP contribution < -0.4 is 21.7 Å². The predicted molar refractivity (Wildman–Crippen MR) is 138 cm³/mol. The molecular formula is C25H39F3N4O7. The molecule has 0 spiro atoms. The maximum atomic E-state index is 12.8. The highest BCUT2D eigenvalue weighted by Gasteiger charge is 2.38. The van der Waals surface area contributed by atoms with Gasteiger partial charge in [-0.25, -0.2) is 9.59 Å². The van der Waals surface area contributed by atoms with Crippen molar-refractivity contribution in [3.63, 3.8) is 0 Å². The Morgan fingerprint density at radius 1 is 1.00 bits per heavy atom. The zero-order chi connectivity index (χ0) is 30.4. The normalized spacial score (nSPS) is 12.9. The number of alkyl halides is 3. The van der Waals surface area contributed by atoms with Crippen molar-refractivity contribution in [2.75, 3.05) is 11.9 Å². The SMILES string of the molecule is CC(C)[C@H](N)C(=O)N[C@@H](CCCCNC(=O)OC(C)(C)C)C(=O)Nc1ccc(CO)cc1.O=C(O)C(F)(F)F. The van der Waals surface area contributed by atoms with Gasteiger partial charge in [-0.05, 0) is 63.6 Å². The van der Waals surface area contributed by atoms with Gasteiger partial charge in [0.15, 0.2) is 0 Å². The first-order valence-electron chi connectivity index (χ1n) is 12.2. The van der Waals surface area contributed by atoms with E-state index in [1.54, 1.807) is 45.0 Å². The number of halogens is 3. The van der Waals surface area contributed by atoms with Crippen LogP contribution >= 0.6 is 0 Å². The molecular weight excluding hydrogens is 525 g/mol. The molecule has 0 unspecified atom stereocenters. The maximum Gasteiger partial charge on any atom is 0.490 e. The highest BCUT2D eigenvalue weighted by atomic mass is 19.4. The number of aliphatic hydroxyl groups is 1. The number of hydrogen-bond donors (Lipinski definition) is 6. The molecule has 11 nitrogen and oxygen atoms in total. The highest BCUT2D eigenvalue weighted by molar-refractivity contribution is 5.97. The van der Waals surface area contributed by atoms with Crippen molar-refractivity contribution in [2.24, 2.45) is 11.7 Å². The van der Waals surface area contributed by atoms with Crippen LogP contribution in [0.5, 0.6) is 0 Å². The lowest BCUT2D eigenvalue weighted by Crippen LogP contribution is -2.51. The Balaban J connectivity index is 0.00000181. The smallest absolute Gasteiger partial charge is 0.475 e. The monoisotopic (exact) mass is 564 g/mol. The molecule has 2 atom stereocenters. The van der Waals surface area contributed by atoms with Gasteiger partial charge < -0.3 is 36.6 Å². The van der Waals surface area contributed by atoms with Gasteiger partial charge in [0.2, 0.25) is 11.8 Å². The van der Waals surface area contributed by atoms with E-state index in [-0.39, 0.29) is 24.3 Å². The quantitative estimate of drug-likeness (QED) is 0.222. The molecule has 0 saturated heterocycles. The molecule has 7 N–H and O–H groups in total. The molecule has 14 heteroatoms. The number of hydrogen-bond acceptors (Lipinski definition) is 7. The molecule has 1 aromatic carbocycles. The molecule has 0 aliphatic rings. The van der Waals surface area contributed by atoms with Gasteiger partial charge in [0.1, 0.15) is 11.6 Å². The second-order valence-electron chi connectivity index (χ2n) is 9.90. The van der Waals surface area contributed by atoms with Crippen LogP contribution in [0.3, 0.4) is 0 Å². The number of carbonyl (C=O) groups is 4. The summed E-state index contributed by atoms with van der Waals surface area (Å²) in [4.78, 5) is 45.9. The molecule has 1 rings (SSSR count). The van der Waals surface area contributed by atoms with Gasteiger partial charge in [-0.2, -0.15) is 13.2 Å².